The van der Waals surface area contributed by atoms with Gasteiger partial charge < -0.3 is 16.4 Å². The highest BCUT2D eigenvalue weighted by atomic mass is 16.2. The zero-order valence-corrected chi connectivity index (χ0v) is 20.2. The van der Waals surface area contributed by atoms with Crippen LogP contribution in [0, 0.1) is 0 Å². The van der Waals surface area contributed by atoms with E-state index in [1.807, 2.05) is 0 Å². The monoisotopic (exact) mass is 475 g/mol. The van der Waals surface area contributed by atoms with Gasteiger partial charge in [0.15, 0.2) is 0 Å². The van der Waals surface area contributed by atoms with Gasteiger partial charge in [-0.15, -0.1) is 0 Å². The van der Waals surface area contributed by atoms with Crippen molar-refractivity contribution in [1.29, 1.82) is 0 Å². The average Bonchev–Trinajstić information content (AvgIpc) is 3.14. The fraction of sp³-hybridized carbons (Fsp3) is 0.407. The van der Waals surface area contributed by atoms with Crippen molar-refractivity contribution in [2.75, 3.05) is 13.6 Å². The van der Waals surface area contributed by atoms with E-state index < -0.39 is 5.41 Å². The van der Waals surface area contributed by atoms with Gasteiger partial charge >= 0.3 is 0 Å². The number of rotatable bonds is 11. The Kier molecular flexibility index (Phi) is 7.60. The fourth-order valence-electron chi connectivity index (χ4n) is 5.52. The van der Waals surface area contributed by atoms with Gasteiger partial charge in [0, 0.05) is 20.1 Å². The van der Waals surface area contributed by atoms with Gasteiger partial charge in [-0.25, -0.2) is 5.01 Å². The second-order valence-corrected chi connectivity index (χ2v) is 9.27. The van der Waals surface area contributed by atoms with Gasteiger partial charge in [-0.1, -0.05) is 42.8 Å². The Morgan fingerprint density at radius 2 is 1.54 bits per heavy atom. The first-order valence-corrected chi connectivity index (χ1v) is 12.2. The molecule has 0 saturated carbocycles. The molecule has 2 aliphatic rings. The van der Waals surface area contributed by atoms with Crippen molar-refractivity contribution in [3.63, 3.8) is 0 Å². The summed E-state index contributed by atoms with van der Waals surface area (Å²) in [5.41, 5.74) is 13.0. The summed E-state index contributed by atoms with van der Waals surface area (Å²) in [5.74, 6) is -0.0100. The third-order valence-corrected chi connectivity index (χ3v) is 7.15. The number of nitrogens with one attached hydrogen (secondary N) is 2. The van der Waals surface area contributed by atoms with Crippen molar-refractivity contribution in [2.24, 2.45) is 10.8 Å². The van der Waals surface area contributed by atoms with Crippen molar-refractivity contribution in [2.45, 2.75) is 57.0 Å². The Balaban J connectivity index is 1.92. The summed E-state index contributed by atoms with van der Waals surface area (Å²) >= 11 is 0. The van der Waals surface area contributed by atoms with E-state index in [2.05, 4.69) is 47.0 Å². The van der Waals surface area contributed by atoms with Crippen LogP contribution in [0.15, 0.2) is 41.5 Å². The van der Waals surface area contributed by atoms with Gasteiger partial charge in [0.1, 0.15) is 0 Å². The third kappa shape index (κ3) is 4.84. The van der Waals surface area contributed by atoms with Crippen LogP contribution in [0.1, 0.15) is 59.1 Å². The lowest BCUT2D eigenvalue weighted by atomic mass is 9.65. The lowest BCUT2D eigenvalue weighted by Crippen LogP contribution is -2.38. The Hall–Kier alpha value is -3.52. The molecule has 2 aromatic rings. The number of nitrogens with zero attached hydrogens (tertiary/aromatic N) is 2. The molecule has 3 amide bonds. The molecule has 4 rings (SSSR count). The van der Waals surface area contributed by atoms with E-state index in [1.54, 1.807) is 7.05 Å². The topological polar surface area (TPSA) is 117 Å². The molecule has 0 unspecified atom stereocenters. The average molecular weight is 476 g/mol. The van der Waals surface area contributed by atoms with Crippen LogP contribution in [0.5, 0.6) is 0 Å². The molecule has 2 aromatic carbocycles. The molecule has 0 radical (unpaired) electrons. The maximum atomic E-state index is 12.7. The van der Waals surface area contributed by atoms with Gasteiger partial charge in [-0.3, -0.25) is 14.4 Å². The number of benzene rings is 2. The van der Waals surface area contributed by atoms with Crippen LogP contribution in [-0.4, -0.2) is 43.0 Å². The molecular weight excluding hydrogens is 442 g/mol. The highest BCUT2D eigenvalue weighted by molar-refractivity contribution is 6.12. The normalized spacial score (nSPS) is 16.1. The van der Waals surface area contributed by atoms with E-state index in [1.165, 1.54) is 27.3 Å². The van der Waals surface area contributed by atoms with Gasteiger partial charge in [0.25, 0.3) is 0 Å². The number of carbonyl (C=O) groups is 3. The van der Waals surface area contributed by atoms with E-state index in [0.29, 0.717) is 32.5 Å². The fourth-order valence-corrected chi connectivity index (χ4v) is 5.52. The molecule has 1 aliphatic heterocycles. The van der Waals surface area contributed by atoms with Crippen molar-refractivity contribution in [3.05, 3.63) is 69.8 Å². The third-order valence-electron chi connectivity index (χ3n) is 7.15. The van der Waals surface area contributed by atoms with Gasteiger partial charge in [0.2, 0.25) is 18.7 Å². The predicted molar refractivity (Wildman–Crippen MR) is 135 cm³/mol. The number of hydrogen-bond acceptors (Lipinski definition) is 5. The number of amides is 3. The smallest absolute Gasteiger partial charge is 0.248 e. The molecule has 8 heteroatoms. The summed E-state index contributed by atoms with van der Waals surface area (Å²) in [4.78, 5) is 34.4. The minimum atomic E-state index is -0.552. The summed E-state index contributed by atoms with van der Waals surface area (Å²) in [6, 6.07) is 12.8. The number of hydrogen-bond donors (Lipinski definition) is 3. The minimum absolute atomic E-state index is 0.0100. The van der Waals surface area contributed by atoms with Crippen molar-refractivity contribution in [1.82, 2.24) is 15.6 Å². The summed E-state index contributed by atoms with van der Waals surface area (Å²) in [5, 5.41) is 11.7. The number of carbonyl (C=O) groups excluding carboxylic acids is 3. The lowest BCUT2D eigenvalue weighted by Gasteiger charge is -2.37. The summed E-state index contributed by atoms with van der Waals surface area (Å²) in [6.45, 7) is 1.54. The summed E-state index contributed by atoms with van der Waals surface area (Å²) < 4.78 is 0. The summed E-state index contributed by atoms with van der Waals surface area (Å²) in [6.07, 6.45) is 5.93. The zero-order valence-electron chi connectivity index (χ0n) is 20.2. The Morgan fingerprint density at radius 1 is 0.971 bits per heavy atom. The van der Waals surface area contributed by atoms with Gasteiger partial charge in [0.05, 0.1) is 17.5 Å². The molecule has 0 spiro atoms. The largest absolute Gasteiger partial charge is 0.355 e. The lowest BCUT2D eigenvalue weighted by molar-refractivity contribution is -0.127. The molecule has 1 heterocycles. The molecule has 184 valence electrons. The Labute approximate surface area is 206 Å². The van der Waals surface area contributed by atoms with E-state index >= 15 is 0 Å². The molecule has 1 aliphatic carbocycles. The number of nitrogens with two attached hydrogens (primary N) is 1. The molecule has 8 nitrogen and oxygen atoms in total. The number of aryl methyl sites for hydroxylation is 2. The van der Waals surface area contributed by atoms with Crippen molar-refractivity contribution >= 4 is 24.4 Å². The van der Waals surface area contributed by atoms with Crippen LogP contribution in [0.3, 0.4) is 0 Å². The van der Waals surface area contributed by atoms with Crippen LogP contribution >= 0.6 is 0 Å². The van der Waals surface area contributed by atoms with Crippen LogP contribution in [0.25, 0.3) is 0 Å². The molecule has 0 saturated heterocycles. The molecule has 4 N–H and O–H groups in total. The van der Waals surface area contributed by atoms with Crippen molar-refractivity contribution < 1.29 is 14.4 Å². The second kappa shape index (κ2) is 10.8. The van der Waals surface area contributed by atoms with Crippen LogP contribution in [0.4, 0.5) is 0 Å². The number of hydrazone groups is 1. The van der Waals surface area contributed by atoms with Crippen molar-refractivity contribution in [3.8, 4) is 0 Å². The molecule has 0 atom stereocenters. The first kappa shape index (κ1) is 24.6. The van der Waals surface area contributed by atoms with Gasteiger partial charge in [-0.2, -0.15) is 5.10 Å². The highest BCUT2D eigenvalue weighted by Gasteiger charge is 2.46. The van der Waals surface area contributed by atoms with Gasteiger partial charge in [-0.05, 0) is 65.6 Å². The van der Waals surface area contributed by atoms with Crippen LogP contribution < -0.4 is 16.4 Å². The Bertz CT molecular complexity index is 1080. The molecule has 35 heavy (non-hydrogen) atoms. The number of unbranched alkanes of at least 4 members (excludes halogenated alkanes) is 1. The first-order chi connectivity index (χ1) is 17.0. The first-order valence-electron chi connectivity index (χ1n) is 12.2. The molecular formula is C27H33N5O3. The molecule has 0 fully saturated rings. The van der Waals surface area contributed by atoms with Crippen LogP contribution in [0.2, 0.25) is 0 Å². The summed E-state index contributed by atoms with van der Waals surface area (Å²) in [7, 11) is 1.71. The predicted octanol–water partition coefficient (Wildman–Crippen LogP) is 1.91. The zero-order chi connectivity index (χ0) is 24.8. The van der Waals surface area contributed by atoms with E-state index in [9.17, 15) is 14.4 Å². The maximum Gasteiger partial charge on any atom is 0.248 e. The highest BCUT2D eigenvalue weighted by Crippen LogP contribution is 2.46. The quantitative estimate of drug-likeness (QED) is 0.340. The second-order valence-electron chi connectivity index (χ2n) is 9.27. The molecule has 0 bridgehead atoms. The van der Waals surface area contributed by atoms with E-state index in [0.717, 1.165) is 48.9 Å². The van der Waals surface area contributed by atoms with E-state index in [-0.39, 0.29) is 12.3 Å². The van der Waals surface area contributed by atoms with Crippen LogP contribution in [-0.2, 0) is 45.7 Å². The minimum Gasteiger partial charge on any atom is -0.355 e. The maximum absolute atomic E-state index is 12.7. The standard InChI is InChI=1S/C27H33N5O3/c1-32-26(35)14-25(31-32)27(10-2-3-11-28)23-8-4-19(15-29-17-33)12-21(23)6-7-22-13-20(16-30-18-34)5-9-24(22)27/h4-5,8-9,12-13,17-18H,2-3,6-7,10-11,14-16,28H2,1H3,(H,29,33)(H,30,34). The Morgan fingerprint density at radius 3 is 2.00 bits per heavy atom. The SMILES string of the molecule is CN1N=C(C2(CCCCN)c3ccc(CNC=O)cc3CCc3cc(CNC=O)ccc32)CC1=O. The molecule has 0 aromatic heterocycles. The number of fused-ring (bicyclic) bond motifs is 2. The van der Waals surface area contributed by atoms with E-state index in [4.69, 9.17) is 10.8 Å².